The van der Waals surface area contributed by atoms with Gasteiger partial charge in [0.05, 0.1) is 12.1 Å². The van der Waals surface area contributed by atoms with Crippen molar-refractivity contribution in [1.29, 1.82) is 0 Å². The summed E-state index contributed by atoms with van der Waals surface area (Å²) in [5.41, 5.74) is 1.44. The molecule has 0 saturated carbocycles. The minimum Gasteiger partial charge on any atom is -0.359 e. The Hall–Kier alpha value is -3.00. The van der Waals surface area contributed by atoms with Crippen molar-refractivity contribution in [2.24, 2.45) is 0 Å². The van der Waals surface area contributed by atoms with Gasteiger partial charge in [-0.1, -0.05) is 17.3 Å². The maximum Gasteiger partial charge on any atom is 0.269 e. The number of amides is 1. The van der Waals surface area contributed by atoms with E-state index in [1.165, 1.54) is 12.1 Å². The van der Waals surface area contributed by atoms with Crippen LogP contribution in [-0.4, -0.2) is 28.8 Å². The second-order valence-electron chi connectivity index (χ2n) is 5.23. The molecule has 4 rings (SSSR count). The molecule has 0 bridgehead atoms. The van der Waals surface area contributed by atoms with Gasteiger partial charge in [0.15, 0.2) is 5.76 Å². The Morgan fingerprint density at radius 2 is 1.96 bits per heavy atom. The molecule has 8 heteroatoms. The van der Waals surface area contributed by atoms with Crippen molar-refractivity contribution in [3.05, 3.63) is 66.2 Å². The van der Waals surface area contributed by atoms with Crippen molar-refractivity contribution in [3.8, 4) is 11.3 Å². The summed E-state index contributed by atoms with van der Waals surface area (Å²) in [6.45, 7) is -0.205. The van der Waals surface area contributed by atoms with Crippen LogP contribution in [0.1, 0.15) is 16.1 Å². The molecule has 7 nitrogen and oxygen atoms in total. The Labute approximate surface area is 137 Å². The number of nitrogens with zero attached hydrogens (tertiary/aromatic N) is 3. The quantitative estimate of drug-likeness (QED) is 0.724. The lowest BCUT2D eigenvalue weighted by Crippen LogP contribution is -2.29. The molecule has 1 amide bonds. The smallest absolute Gasteiger partial charge is 0.269 e. The van der Waals surface area contributed by atoms with Crippen LogP contribution in [0.15, 0.2) is 64.3 Å². The van der Waals surface area contributed by atoms with Gasteiger partial charge in [0.2, 0.25) is 0 Å². The Morgan fingerprint density at radius 1 is 1.12 bits per heavy atom. The average molecular weight is 341 g/mol. The van der Waals surface area contributed by atoms with Crippen molar-refractivity contribution in [1.82, 2.24) is 14.4 Å². The molecule has 0 N–H and O–H groups in total. The highest BCUT2D eigenvalue weighted by Gasteiger charge is 2.41. The maximum atomic E-state index is 12.5. The van der Waals surface area contributed by atoms with E-state index in [9.17, 15) is 13.2 Å². The highest BCUT2D eigenvalue weighted by molar-refractivity contribution is 7.90. The molecule has 3 heterocycles. The molecule has 0 aliphatic carbocycles. The molecule has 1 aromatic carbocycles. The van der Waals surface area contributed by atoms with E-state index in [0.717, 1.165) is 9.87 Å². The summed E-state index contributed by atoms with van der Waals surface area (Å²) in [4.78, 5) is 16.4. The first kappa shape index (κ1) is 14.6. The minimum atomic E-state index is -3.87. The lowest BCUT2D eigenvalue weighted by Gasteiger charge is -2.12. The summed E-state index contributed by atoms with van der Waals surface area (Å²) in [5, 5.41) is 3.90. The molecular formula is C16H11N3O4S. The van der Waals surface area contributed by atoms with Crippen LogP contribution in [0.5, 0.6) is 0 Å². The van der Waals surface area contributed by atoms with Gasteiger partial charge in [-0.2, -0.15) is 0 Å². The number of aromatic nitrogens is 2. The van der Waals surface area contributed by atoms with E-state index in [0.29, 0.717) is 5.69 Å². The van der Waals surface area contributed by atoms with Crippen molar-refractivity contribution in [2.45, 2.75) is 11.4 Å². The molecule has 24 heavy (non-hydrogen) atoms. The summed E-state index contributed by atoms with van der Waals surface area (Å²) in [6, 6.07) is 11.3. The molecule has 0 saturated heterocycles. The van der Waals surface area contributed by atoms with E-state index in [1.54, 1.807) is 36.7 Å². The molecule has 1 aliphatic heterocycles. The number of fused-ring (bicyclic) bond motifs is 1. The second-order valence-corrected chi connectivity index (χ2v) is 7.06. The molecule has 0 atom stereocenters. The normalized spacial score (nSPS) is 15.5. The minimum absolute atomic E-state index is 0.0157. The lowest BCUT2D eigenvalue weighted by atomic mass is 10.2. The fourth-order valence-corrected chi connectivity index (χ4v) is 4.10. The fourth-order valence-electron chi connectivity index (χ4n) is 2.57. The monoisotopic (exact) mass is 341 g/mol. The number of sulfonamides is 1. The summed E-state index contributed by atoms with van der Waals surface area (Å²) in [6.07, 6.45) is 3.26. The lowest BCUT2D eigenvalue weighted by molar-refractivity contribution is 0.0856. The first-order valence-electron chi connectivity index (χ1n) is 7.09. The molecule has 1 aliphatic rings. The molecule has 0 spiro atoms. The van der Waals surface area contributed by atoms with Crippen LogP contribution in [0.4, 0.5) is 0 Å². The maximum absolute atomic E-state index is 12.5. The van der Waals surface area contributed by atoms with Crippen molar-refractivity contribution >= 4 is 15.9 Å². The van der Waals surface area contributed by atoms with Crippen LogP contribution < -0.4 is 0 Å². The van der Waals surface area contributed by atoms with Gasteiger partial charge >= 0.3 is 0 Å². The van der Waals surface area contributed by atoms with Gasteiger partial charge in [-0.15, -0.1) is 0 Å². The second kappa shape index (κ2) is 5.27. The Morgan fingerprint density at radius 3 is 2.71 bits per heavy atom. The van der Waals surface area contributed by atoms with E-state index < -0.39 is 15.9 Å². The third-order valence-electron chi connectivity index (χ3n) is 3.73. The van der Waals surface area contributed by atoms with E-state index in [-0.39, 0.29) is 22.8 Å². The number of hydrogen-bond donors (Lipinski definition) is 0. The SMILES string of the molecule is O=C1c2ccccc2S(=O)(=O)N1Cc1cc(-c2cccnc2)no1. The van der Waals surface area contributed by atoms with E-state index in [2.05, 4.69) is 10.1 Å². The number of carbonyl (C=O) groups is 1. The van der Waals surface area contributed by atoms with Gasteiger partial charge in [-0.3, -0.25) is 9.78 Å². The highest BCUT2D eigenvalue weighted by Crippen LogP contribution is 2.31. The van der Waals surface area contributed by atoms with Crippen molar-refractivity contribution in [2.75, 3.05) is 0 Å². The number of carbonyl (C=O) groups excluding carboxylic acids is 1. The number of pyridine rings is 1. The van der Waals surface area contributed by atoms with Gasteiger partial charge < -0.3 is 4.52 Å². The third-order valence-corrected chi connectivity index (χ3v) is 5.51. The first-order valence-corrected chi connectivity index (χ1v) is 8.53. The van der Waals surface area contributed by atoms with E-state index >= 15 is 0 Å². The van der Waals surface area contributed by atoms with Crippen LogP contribution in [0.25, 0.3) is 11.3 Å². The standard InChI is InChI=1S/C16H11N3O4S/c20-16-13-5-1-2-6-15(13)24(21,22)19(16)10-12-8-14(18-23-12)11-4-3-7-17-9-11/h1-9H,10H2. The highest BCUT2D eigenvalue weighted by atomic mass is 32.2. The fraction of sp³-hybridized carbons (Fsp3) is 0.0625. The molecule has 3 aromatic rings. The molecule has 0 radical (unpaired) electrons. The third kappa shape index (κ3) is 2.19. The van der Waals surface area contributed by atoms with Crippen molar-refractivity contribution < 1.29 is 17.7 Å². The average Bonchev–Trinajstić information content (AvgIpc) is 3.14. The van der Waals surface area contributed by atoms with Gasteiger partial charge in [-0.25, -0.2) is 12.7 Å². The zero-order valence-corrected chi connectivity index (χ0v) is 13.1. The van der Waals surface area contributed by atoms with Crippen LogP contribution in [0, 0.1) is 0 Å². The molecule has 0 unspecified atom stereocenters. The largest absolute Gasteiger partial charge is 0.359 e. The van der Waals surface area contributed by atoms with Crippen LogP contribution in [-0.2, 0) is 16.6 Å². The van der Waals surface area contributed by atoms with Gasteiger partial charge in [0.25, 0.3) is 15.9 Å². The molecular weight excluding hydrogens is 330 g/mol. The van der Waals surface area contributed by atoms with Crippen LogP contribution in [0.2, 0.25) is 0 Å². The van der Waals surface area contributed by atoms with E-state index in [4.69, 9.17) is 4.52 Å². The van der Waals surface area contributed by atoms with Crippen LogP contribution in [0.3, 0.4) is 0 Å². The Kier molecular flexibility index (Phi) is 3.20. The summed E-state index contributed by atoms with van der Waals surface area (Å²) in [5.74, 6) is -0.288. The predicted octanol–water partition coefficient (Wildman–Crippen LogP) is 2.08. The summed E-state index contributed by atoms with van der Waals surface area (Å²) >= 11 is 0. The van der Waals surface area contributed by atoms with Gasteiger partial charge in [0.1, 0.15) is 10.6 Å². The van der Waals surface area contributed by atoms with Gasteiger partial charge in [-0.05, 0) is 24.3 Å². The Balaban J connectivity index is 1.66. The predicted molar refractivity (Wildman–Crippen MR) is 83.2 cm³/mol. The van der Waals surface area contributed by atoms with Crippen molar-refractivity contribution in [3.63, 3.8) is 0 Å². The number of benzene rings is 1. The van der Waals surface area contributed by atoms with E-state index in [1.807, 2.05) is 6.07 Å². The zero-order valence-electron chi connectivity index (χ0n) is 12.3. The molecule has 2 aromatic heterocycles. The van der Waals surface area contributed by atoms with Gasteiger partial charge in [0, 0.05) is 24.0 Å². The summed E-state index contributed by atoms with van der Waals surface area (Å²) in [7, 11) is -3.87. The topological polar surface area (TPSA) is 93.4 Å². The zero-order chi connectivity index (χ0) is 16.7. The van der Waals surface area contributed by atoms with Crippen LogP contribution >= 0.6 is 0 Å². The number of hydrogen-bond acceptors (Lipinski definition) is 6. The molecule has 0 fully saturated rings. The summed E-state index contributed by atoms with van der Waals surface area (Å²) < 4.78 is 31.0. The molecule has 120 valence electrons. The number of rotatable bonds is 3. The first-order chi connectivity index (χ1) is 11.6. The Bertz CT molecular complexity index is 1030.